The zero-order valence-electron chi connectivity index (χ0n) is 21.9. The van der Waals surface area contributed by atoms with Crippen LogP contribution in [0.1, 0.15) is 49.4 Å². The van der Waals surface area contributed by atoms with Gasteiger partial charge in [-0.25, -0.2) is 9.67 Å². The fourth-order valence-corrected chi connectivity index (χ4v) is 4.00. The largest absolute Gasteiger partial charge is 0.381 e. The Hall–Kier alpha value is -4.84. The van der Waals surface area contributed by atoms with Crippen molar-refractivity contribution < 1.29 is 4.79 Å². The molecule has 38 heavy (non-hydrogen) atoms. The highest BCUT2D eigenvalue weighted by atomic mass is 16.1. The Kier molecular flexibility index (Phi) is 7.35. The van der Waals surface area contributed by atoms with Crippen LogP contribution in [0.3, 0.4) is 0 Å². The number of carbonyl (C=O) groups excluding carboxylic acids is 1. The second-order valence-electron chi connectivity index (χ2n) is 9.74. The third-order valence-corrected chi connectivity index (χ3v) is 5.69. The third-order valence-electron chi connectivity index (χ3n) is 5.69. The first-order valence-electron chi connectivity index (χ1n) is 12.3. The van der Waals surface area contributed by atoms with Crippen molar-refractivity contribution in [3.8, 4) is 17.5 Å². The first-order chi connectivity index (χ1) is 18.1. The van der Waals surface area contributed by atoms with E-state index in [9.17, 15) is 9.59 Å². The van der Waals surface area contributed by atoms with E-state index in [1.165, 1.54) is 4.68 Å². The topological polar surface area (TPSA) is 134 Å². The van der Waals surface area contributed by atoms with Gasteiger partial charge in [-0.05, 0) is 51.1 Å². The number of carbonyl (C=O) groups is 1. The molecule has 4 aromatic rings. The molecule has 0 bridgehead atoms. The van der Waals surface area contributed by atoms with Crippen LogP contribution in [0.4, 0.5) is 11.6 Å². The number of anilines is 2. The van der Waals surface area contributed by atoms with Crippen LogP contribution in [-0.2, 0) is 6.42 Å². The molecule has 5 N–H and O–H groups in total. The number of nitrogens with zero attached hydrogens (tertiary/aromatic N) is 4. The van der Waals surface area contributed by atoms with Gasteiger partial charge in [0, 0.05) is 30.1 Å². The van der Waals surface area contributed by atoms with E-state index in [-0.39, 0.29) is 22.4 Å². The molecule has 0 saturated carbocycles. The van der Waals surface area contributed by atoms with E-state index < -0.39 is 5.91 Å². The Balaban J connectivity index is 0.000000216. The number of aromatic nitrogens is 4. The molecule has 9 nitrogen and oxygen atoms in total. The molecule has 0 unspecified atom stereocenters. The lowest BCUT2D eigenvalue weighted by molar-refractivity contribution is 0.100. The number of fused-ring (bicyclic) bond motifs is 2. The number of amides is 1. The number of hydrogen-bond donors (Lipinski definition) is 3. The monoisotopic (exact) mass is 509 g/mol. The zero-order valence-corrected chi connectivity index (χ0v) is 21.9. The van der Waals surface area contributed by atoms with E-state index in [1.807, 2.05) is 61.5 Å². The summed E-state index contributed by atoms with van der Waals surface area (Å²) in [4.78, 5) is 29.0. The van der Waals surface area contributed by atoms with Crippen LogP contribution >= 0.6 is 0 Å². The van der Waals surface area contributed by atoms with Crippen molar-refractivity contribution in [3.63, 3.8) is 0 Å². The van der Waals surface area contributed by atoms with Gasteiger partial charge in [-0.2, -0.15) is 0 Å². The molecule has 0 aliphatic carbocycles. The predicted octanol–water partition coefficient (Wildman–Crippen LogP) is 3.81. The molecule has 1 aliphatic rings. The number of aryl methyl sites for hydroxylation is 1. The van der Waals surface area contributed by atoms with E-state index in [1.54, 1.807) is 10.8 Å². The summed E-state index contributed by atoms with van der Waals surface area (Å²) in [6, 6.07) is 15.3. The van der Waals surface area contributed by atoms with Gasteiger partial charge in [0.1, 0.15) is 17.2 Å². The van der Waals surface area contributed by atoms with Crippen LogP contribution in [0.2, 0.25) is 0 Å². The van der Waals surface area contributed by atoms with Gasteiger partial charge in [0.25, 0.3) is 11.5 Å². The van der Waals surface area contributed by atoms with Crippen molar-refractivity contribution in [2.75, 3.05) is 17.6 Å². The predicted molar refractivity (Wildman–Crippen MR) is 152 cm³/mol. The minimum Gasteiger partial charge on any atom is -0.381 e. The highest BCUT2D eigenvalue weighted by Crippen LogP contribution is 2.23. The lowest BCUT2D eigenvalue weighted by atomic mass is 9.97. The normalized spacial score (nSPS) is 12.0. The van der Waals surface area contributed by atoms with Crippen LogP contribution in [0.25, 0.3) is 22.8 Å². The number of nitrogen functional groups attached to an aromatic ring is 1. The summed E-state index contributed by atoms with van der Waals surface area (Å²) in [5.74, 6) is 7.30. The molecule has 1 aliphatic heterocycles. The number of primary amides is 1. The maximum atomic E-state index is 13.3. The number of hydrogen-bond acceptors (Lipinski definition) is 6. The Labute approximate surface area is 221 Å². The number of para-hydroxylation sites is 1. The molecular weight excluding hydrogens is 478 g/mol. The van der Waals surface area contributed by atoms with E-state index in [0.717, 1.165) is 17.1 Å². The molecule has 3 heterocycles. The standard InChI is InChI=1S/C22H22N2O.C7H9N5O/c1-5-19-23-18-13-9-10-16(14-15-22(2,3)4)20(18)21(25)24(19)17-11-7-6-8-12-17;8-5-4(6(9)13)7-10-2-1-3-12(7)11-5/h6-13H,5H2,1-4H3;1,3,10H,2H2,(H2,8,11)(H2,9,13). The second kappa shape index (κ2) is 10.6. The van der Waals surface area contributed by atoms with E-state index >= 15 is 0 Å². The molecule has 5 rings (SSSR count). The van der Waals surface area contributed by atoms with Gasteiger partial charge < -0.3 is 16.8 Å². The van der Waals surface area contributed by atoms with Crippen LogP contribution in [-0.4, -0.2) is 31.8 Å². The average molecular weight is 510 g/mol. The summed E-state index contributed by atoms with van der Waals surface area (Å²) in [5, 5.41) is 7.47. The highest BCUT2D eigenvalue weighted by Gasteiger charge is 2.20. The van der Waals surface area contributed by atoms with Crippen molar-refractivity contribution in [1.29, 1.82) is 0 Å². The van der Waals surface area contributed by atoms with Gasteiger partial charge in [-0.15, -0.1) is 5.10 Å². The molecule has 0 radical (unpaired) electrons. The molecule has 0 fully saturated rings. The van der Waals surface area contributed by atoms with Crippen LogP contribution in [0, 0.1) is 17.3 Å². The Morgan fingerprint density at radius 2 is 1.87 bits per heavy atom. The summed E-state index contributed by atoms with van der Waals surface area (Å²) in [7, 11) is 0. The third kappa shape index (κ3) is 5.44. The molecule has 2 aromatic carbocycles. The number of nitrogens with one attached hydrogen (secondary N) is 1. The molecule has 2 aromatic heterocycles. The molecule has 1 amide bonds. The average Bonchev–Trinajstić information content (AvgIpc) is 3.23. The minimum absolute atomic E-state index is 0.0631. The Morgan fingerprint density at radius 1 is 1.13 bits per heavy atom. The summed E-state index contributed by atoms with van der Waals surface area (Å²) in [6.45, 7) is 8.82. The van der Waals surface area contributed by atoms with E-state index in [4.69, 9.17) is 16.5 Å². The molecule has 194 valence electrons. The smallest absolute Gasteiger partial charge is 0.267 e. The SMILES string of the molecule is CCc1nc2cccc(C#CC(C)(C)C)c2c(=O)n1-c1ccccc1.NC(=O)c1c(N)nn2c1NCC=C2. The van der Waals surface area contributed by atoms with Gasteiger partial charge in [-0.3, -0.25) is 14.2 Å². The summed E-state index contributed by atoms with van der Waals surface area (Å²) in [5.41, 5.74) is 13.0. The number of benzene rings is 2. The van der Waals surface area contributed by atoms with Crippen molar-refractivity contribution in [2.45, 2.75) is 34.1 Å². The maximum Gasteiger partial charge on any atom is 0.267 e. The van der Waals surface area contributed by atoms with Crippen molar-refractivity contribution >= 4 is 34.6 Å². The van der Waals surface area contributed by atoms with Crippen molar-refractivity contribution in [3.05, 3.63) is 81.9 Å². The quantitative estimate of drug-likeness (QED) is 0.360. The van der Waals surface area contributed by atoms with Crippen LogP contribution in [0.15, 0.2) is 59.4 Å². The van der Waals surface area contributed by atoms with Gasteiger partial charge in [0.2, 0.25) is 0 Å². The molecular formula is C29H31N7O2. The van der Waals surface area contributed by atoms with E-state index in [0.29, 0.717) is 29.7 Å². The van der Waals surface area contributed by atoms with Gasteiger partial charge in [-0.1, -0.05) is 43.0 Å². The highest BCUT2D eigenvalue weighted by molar-refractivity contribution is 6.02. The van der Waals surface area contributed by atoms with Crippen molar-refractivity contribution in [2.24, 2.45) is 11.1 Å². The molecule has 0 saturated heterocycles. The summed E-state index contributed by atoms with van der Waals surface area (Å²) < 4.78 is 3.20. The first-order valence-corrected chi connectivity index (χ1v) is 12.3. The first kappa shape index (κ1) is 26.2. The summed E-state index contributed by atoms with van der Waals surface area (Å²) in [6.07, 6.45) is 4.27. The molecule has 9 heteroatoms. The van der Waals surface area contributed by atoms with Gasteiger partial charge in [0.15, 0.2) is 5.82 Å². The lowest BCUT2D eigenvalue weighted by Gasteiger charge is -2.13. The lowest BCUT2D eigenvalue weighted by Crippen LogP contribution is -2.24. The van der Waals surface area contributed by atoms with Crippen LogP contribution < -0.4 is 22.3 Å². The number of nitrogens with two attached hydrogens (primary N) is 2. The zero-order chi connectivity index (χ0) is 27.4. The fourth-order valence-electron chi connectivity index (χ4n) is 4.00. The van der Waals surface area contributed by atoms with E-state index in [2.05, 4.69) is 43.0 Å². The summed E-state index contributed by atoms with van der Waals surface area (Å²) >= 11 is 0. The Morgan fingerprint density at radius 3 is 2.53 bits per heavy atom. The van der Waals surface area contributed by atoms with Gasteiger partial charge >= 0.3 is 0 Å². The van der Waals surface area contributed by atoms with Crippen molar-refractivity contribution in [1.82, 2.24) is 19.3 Å². The maximum absolute atomic E-state index is 13.3. The fraction of sp³-hybridized carbons (Fsp3) is 0.241. The van der Waals surface area contributed by atoms with Crippen LogP contribution in [0.5, 0.6) is 0 Å². The van der Waals surface area contributed by atoms with Gasteiger partial charge in [0.05, 0.1) is 16.6 Å². The minimum atomic E-state index is -0.568. The number of rotatable bonds is 3. The molecule has 0 atom stereocenters. The Bertz CT molecular complexity index is 1650. The second-order valence-corrected chi connectivity index (χ2v) is 9.74. The molecule has 0 spiro atoms.